The van der Waals surface area contributed by atoms with Crippen LogP contribution in [-0.2, 0) is 10.0 Å². The molecule has 3 aromatic carbocycles. The first-order valence-electron chi connectivity index (χ1n) is 10.0. The molecule has 4 rings (SSSR count). The van der Waals surface area contributed by atoms with E-state index in [4.69, 9.17) is 9.47 Å². The molecule has 1 aliphatic rings. The highest BCUT2D eigenvalue weighted by molar-refractivity contribution is 9.10. The summed E-state index contributed by atoms with van der Waals surface area (Å²) in [4.78, 5) is 0.191. The van der Waals surface area contributed by atoms with Crippen LogP contribution in [0.5, 0.6) is 11.5 Å². The van der Waals surface area contributed by atoms with Crippen molar-refractivity contribution in [3.63, 3.8) is 0 Å². The molecule has 0 N–H and O–H groups in total. The van der Waals surface area contributed by atoms with Crippen LogP contribution in [0.3, 0.4) is 0 Å². The Bertz CT molecular complexity index is 1260. The fraction of sp³-hybridized carbons (Fsp3) is 0.208. The minimum Gasteiger partial charge on any atom is -0.493 e. The van der Waals surface area contributed by atoms with Crippen molar-refractivity contribution in [2.75, 3.05) is 14.2 Å². The molecular weight excluding hydrogens is 492 g/mol. The van der Waals surface area contributed by atoms with E-state index in [0.717, 1.165) is 15.6 Å². The standard InChI is InChI=1S/C24H23BrN2O4S/c1-16-7-13-19(14-8-16)32(28,29)27-22(20-5-4-6-23(30-2)24(20)31-3)15-21(26-27)17-9-11-18(25)12-10-17/h4-14,22H,15H2,1-3H3/t22-/m1/s1. The number of halogens is 1. The maximum absolute atomic E-state index is 13.7. The summed E-state index contributed by atoms with van der Waals surface area (Å²) in [6.07, 6.45) is 0.399. The van der Waals surface area contributed by atoms with Crippen molar-refractivity contribution in [1.29, 1.82) is 0 Å². The second-order valence-corrected chi connectivity index (χ2v) is 10.2. The Balaban J connectivity index is 1.85. The Morgan fingerprint density at radius 3 is 2.28 bits per heavy atom. The zero-order valence-electron chi connectivity index (χ0n) is 17.9. The highest BCUT2D eigenvalue weighted by Gasteiger charge is 2.39. The lowest BCUT2D eigenvalue weighted by Crippen LogP contribution is -2.27. The van der Waals surface area contributed by atoms with Gasteiger partial charge in [-0.1, -0.05) is 57.9 Å². The van der Waals surface area contributed by atoms with E-state index in [1.165, 1.54) is 4.41 Å². The molecule has 1 heterocycles. The minimum absolute atomic E-state index is 0.191. The van der Waals surface area contributed by atoms with Gasteiger partial charge in [-0.05, 0) is 42.8 Å². The lowest BCUT2D eigenvalue weighted by molar-refractivity contribution is 0.328. The van der Waals surface area contributed by atoms with Gasteiger partial charge in [0.05, 0.1) is 30.9 Å². The highest BCUT2D eigenvalue weighted by Crippen LogP contribution is 2.43. The van der Waals surface area contributed by atoms with Gasteiger partial charge >= 0.3 is 0 Å². The average molecular weight is 515 g/mol. The van der Waals surface area contributed by atoms with E-state index in [9.17, 15) is 8.42 Å². The second-order valence-electron chi connectivity index (χ2n) is 7.45. The molecule has 0 fully saturated rings. The SMILES string of the molecule is COc1cccc([C@H]2CC(c3ccc(Br)cc3)=NN2S(=O)(=O)c2ccc(C)cc2)c1OC. The number of para-hydroxylation sites is 1. The van der Waals surface area contributed by atoms with Gasteiger partial charge in [0.1, 0.15) is 0 Å². The lowest BCUT2D eigenvalue weighted by atomic mass is 9.98. The van der Waals surface area contributed by atoms with Crippen molar-refractivity contribution < 1.29 is 17.9 Å². The van der Waals surface area contributed by atoms with Crippen LogP contribution < -0.4 is 9.47 Å². The highest BCUT2D eigenvalue weighted by atomic mass is 79.9. The topological polar surface area (TPSA) is 68.2 Å². The number of aryl methyl sites for hydroxylation is 1. The average Bonchev–Trinajstić information content (AvgIpc) is 3.25. The first kappa shape index (κ1) is 22.4. The largest absolute Gasteiger partial charge is 0.493 e. The minimum atomic E-state index is -3.91. The van der Waals surface area contributed by atoms with E-state index in [1.54, 1.807) is 44.6 Å². The van der Waals surface area contributed by atoms with Gasteiger partial charge in [-0.3, -0.25) is 0 Å². The van der Waals surface area contributed by atoms with Crippen molar-refractivity contribution in [1.82, 2.24) is 4.41 Å². The molecular formula is C24H23BrN2O4S. The van der Waals surface area contributed by atoms with Crippen LogP contribution in [0.2, 0.25) is 0 Å². The molecule has 32 heavy (non-hydrogen) atoms. The monoisotopic (exact) mass is 514 g/mol. The van der Waals surface area contributed by atoms with E-state index in [1.807, 2.05) is 43.3 Å². The zero-order valence-corrected chi connectivity index (χ0v) is 20.4. The molecule has 0 unspecified atom stereocenters. The van der Waals surface area contributed by atoms with E-state index in [0.29, 0.717) is 29.2 Å². The van der Waals surface area contributed by atoms with Gasteiger partial charge in [-0.2, -0.15) is 17.9 Å². The summed E-state index contributed by atoms with van der Waals surface area (Å²) < 4.78 is 40.5. The molecule has 0 saturated heterocycles. The number of hydrogen-bond acceptors (Lipinski definition) is 5. The fourth-order valence-electron chi connectivity index (χ4n) is 3.75. The van der Waals surface area contributed by atoms with Gasteiger partial charge in [0.15, 0.2) is 11.5 Å². The number of rotatable bonds is 6. The summed E-state index contributed by atoms with van der Waals surface area (Å²) in [5.41, 5.74) is 3.22. The number of benzene rings is 3. The third-order valence-electron chi connectivity index (χ3n) is 5.41. The number of hydrogen-bond donors (Lipinski definition) is 0. The van der Waals surface area contributed by atoms with Crippen LogP contribution in [0.4, 0.5) is 0 Å². The number of sulfonamides is 1. The quantitative estimate of drug-likeness (QED) is 0.446. The molecule has 1 aliphatic heterocycles. The van der Waals surface area contributed by atoms with Crippen LogP contribution in [0, 0.1) is 6.92 Å². The summed E-state index contributed by atoms with van der Waals surface area (Å²) in [6, 6.07) is 19.3. The van der Waals surface area contributed by atoms with Gasteiger partial charge in [-0.25, -0.2) is 0 Å². The predicted octanol–water partition coefficient (Wildman–Crippen LogP) is 5.31. The third-order valence-corrected chi connectivity index (χ3v) is 7.63. The zero-order chi connectivity index (χ0) is 22.9. The van der Waals surface area contributed by atoms with Crippen molar-refractivity contribution in [2.45, 2.75) is 24.3 Å². The molecule has 0 saturated carbocycles. The maximum Gasteiger partial charge on any atom is 0.279 e. The van der Waals surface area contributed by atoms with Gasteiger partial charge in [-0.15, -0.1) is 0 Å². The molecule has 0 spiro atoms. The van der Waals surface area contributed by atoms with Crippen molar-refractivity contribution in [3.8, 4) is 11.5 Å². The first-order chi connectivity index (χ1) is 15.3. The summed E-state index contributed by atoms with van der Waals surface area (Å²) in [6.45, 7) is 1.92. The molecule has 3 aromatic rings. The van der Waals surface area contributed by atoms with Crippen LogP contribution in [0.1, 0.15) is 29.2 Å². The molecule has 6 nitrogen and oxygen atoms in total. The Morgan fingerprint density at radius 2 is 1.66 bits per heavy atom. The smallest absolute Gasteiger partial charge is 0.279 e. The van der Waals surface area contributed by atoms with E-state index in [-0.39, 0.29) is 4.90 Å². The van der Waals surface area contributed by atoms with Crippen LogP contribution >= 0.6 is 15.9 Å². The molecule has 0 amide bonds. The third kappa shape index (κ3) is 4.12. The fourth-order valence-corrected chi connectivity index (χ4v) is 5.44. The molecule has 0 aliphatic carbocycles. The number of methoxy groups -OCH3 is 2. The number of hydrazone groups is 1. The number of ether oxygens (including phenoxy) is 2. The van der Waals surface area contributed by atoms with Crippen LogP contribution in [-0.4, -0.2) is 32.8 Å². The van der Waals surface area contributed by atoms with Crippen molar-refractivity contribution in [3.05, 3.63) is 87.9 Å². The molecule has 0 radical (unpaired) electrons. The van der Waals surface area contributed by atoms with Crippen LogP contribution in [0.15, 0.2) is 81.2 Å². The molecule has 1 atom stereocenters. The number of nitrogens with zero attached hydrogens (tertiary/aromatic N) is 2. The van der Waals surface area contributed by atoms with Gasteiger partial charge in [0, 0.05) is 16.5 Å². The Morgan fingerprint density at radius 1 is 0.969 bits per heavy atom. The molecule has 0 bridgehead atoms. The van der Waals surface area contributed by atoms with E-state index in [2.05, 4.69) is 21.0 Å². The Hall–Kier alpha value is -2.84. The second kappa shape index (κ2) is 8.96. The van der Waals surface area contributed by atoms with E-state index >= 15 is 0 Å². The summed E-state index contributed by atoms with van der Waals surface area (Å²) >= 11 is 3.44. The normalized spacial score (nSPS) is 16.1. The summed E-state index contributed by atoms with van der Waals surface area (Å²) in [5.74, 6) is 1.03. The molecule has 8 heteroatoms. The molecule has 0 aromatic heterocycles. The van der Waals surface area contributed by atoms with E-state index < -0.39 is 16.1 Å². The lowest BCUT2D eigenvalue weighted by Gasteiger charge is -2.25. The van der Waals surface area contributed by atoms with Gasteiger partial charge in [0.25, 0.3) is 10.0 Å². The predicted molar refractivity (Wildman–Crippen MR) is 128 cm³/mol. The Labute approximate surface area is 196 Å². The van der Waals surface area contributed by atoms with Gasteiger partial charge in [0.2, 0.25) is 0 Å². The molecule has 166 valence electrons. The van der Waals surface area contributed by atoms with Crippen molar-refractivity contribution >= 4 is 31.7 Å². The summed E-state index contributed by atoms with van der Waals surface area (Å²) in [5, 5.41) is 4.60. The van der Waals surface area contributed by atoms with Crippen LogP contribution in [0.25, 0.3) is 0 Å². The first-order valence-corrected chi connectivity index (χ1v) is 12.2. The summed E-state index contributed by atoms with van der Waals surface area (Å²) in [7, 11) is -0.803. The maximum atomic E-state index is 13.7. The van der Waals surface area contributed by atoms with Gasteiger partial charge < -0.3 is 9.47 Å². The Kier molecular flexibility index (Phi) is 6.26. The van der Waals surface area contributed by atoms with Crippen molar-refractivity contribution in [2.24, 2.45) is 5.10 Å².